The minimum Gasteiger partial charge on any atom is -0.504 e. The number of rotatable bonds is 5. The van der Waals surface area contributed by atoms with Gasteiger partial charge >= 0.3 is 5.97 Å². The first-order valence-corrected chi connectivity index (χ1v) is 6.86. The molecule has 3 N–H and O–H groups in total. The van der Waals surface area contributed by atoms with Crippen molar-refractivity contribution in [1.82, 2.24) is 10.3 Å². The van der Waals surface area contributed by atoms with Gasteiger partial charge in [0.2, 0.25) is 0 Å². The van der Waals surface area contributed by atoms with Crippen molar-refractivity contribution in [3.63, 3.8) is 0 Å². The Morgan fingerprint density at radius 1 is 1.38 bits per heavy atom. The van der Waals surface area contributed by atoms with Gasteiger partial charge in [0, 0.05) is 11.8 Å². The number of Topliss-reactive ketones (excluding diaryl/α,β-unsaturated/α-hetero) is 1. The normalized spacial score (nSPS) is 10.5. The maximum Gasteiger partial charge on any atom is 0.322 e. The zero-order valence-electron chi connectivity index (χ0n) is 11.0. The second-order valence-corrected chi connectivity index (χ2v) is 5.29. The quantitative estimate of drug-likeness (QED) is 0.757. The Morgan fingerprint density at radius 3 is 2.71 bits per heavy atom. The first kappa shape index (κ1) is 14.9. The fourth-order valence-electron chi connectivity index (χ4n) is 1.84. The molecule has 8 heteroatoms. The van der Waals surface area contributed by atoms with E-state index in [1.165, 1.54) is 18.3 Å². The van der Waals surface area contributed by atoms with Gasteiger partial charge in [-0.1, -0.05) is 0 Å². The lowest BCUT2D eigenvalue weighted by atomic mass is 10.1. The predicted molar refractivity (Wildman–Crippen MR) is 75.6 cm³/mol. The molecule has 21 heavy (non-hydrogen) atoms. The molecule has 0 aliphatic rings. The van der Waals surface area contributed by atoms with Crippen molar-refractivity contribution in [2.75, 3.05) is 6.54 Å². The van der Waals surface area contributed by atoms with Crippen LogP contribution in [0.25, 0.3) is 10.1 Å². The molecule has 0 fully saturated rings. The second-order valence-electron chi connectivity index (χ2n) is 4.37. The van der Waals surface area contributed by atoms with E-state index in [1.54, 1.807) is 11.4 Å². The van der Waals surface area contributed by atoms with Gasteiger partial charge in [0.1, 0.15) is 12.3 Å². The molecule has 110 valence electrons. The van der Waals surface area contributed by atoms with Gasteiger partial charge in [-0.2, -0.15) is 0 Å². The van der Waals surface area contributed by atoms with Gasteiger partial charge in [-0.15, -0.1) is 11.3 Å². The van der Waals surface area contributed by atoms with Crippen molar-refractivity contribution >= 4 is 39.1 Å². The van der Waals surface area contributed by atoms with Crippen LogP contribution in [0.1, 0.15) is 23.1 Å². The Bertz CT molecular complexity index is 737. The van der Waals surface area contributed by atoms with E-state index >= 15 is 0 Å². The maximum atomic E-state index is 11.9. The van der Waals surface area contributed by atoms with Crippen LogP contribution in [0, 0.1) is 0 Å². The van der Waals surface area contributed by atoms with Crippen LogP contribution in [-0.2, 0) is 16.0 Å². The molecular formula is C13H12N2O5S. The standard InChI is InChI=1S/C13H12N2O5S/c1-6(16)4-8-7-2-3-21-12(7)11(19)10(15-8)13(20)14-5-9(17)18/h2-3,19H,4-5H2,1H3,(H,14,20)(H,17,18). The monoisotopic (exact) mass is 308 g/mol. The van der Waals surface area contributed by atoms with Gasteiger partial charge in [0.15, 0.2) is 11.4 Å². The number of carboxylic acids is 1. The number of amides is 1. The van der Waals surface area contributed by atoms with E-state index in [0.29, 0.717) is 15.8 Å². The molecule has 0 saturated carbocycles. The number of pyridine rings is 1. The van der Waals surface area contributed by atoms with Gasteiger partial charge in [0.05, 0.1) is 10.4 Å². The Balaban J connectivity index is 2.47. The van der Waals surface area contributed by atoms with Crippen molar-refractivity contribution < 1.29 is 24.6 Å². The van der Waals surface area contributed by atoms with Crippen LogP contribution >= 0.6 is 11.3 Å². The molecule has 1 amide bonds. The molecule has 0 atom stereocenters. The Hall–Kier alpha value is -2.48. The number of aliphatic carboxylic acids is 1. The van der Waals surface area contributed by atoms with Crippen LogP contribution in [0.2, 0.25) is 0 Å². The summed E-state index contributed by atoms with van der Waals surface area (Å²) in [5, 5.41) is 23.1. The fraction of sp³-hybridized carbons (Fsp3) is 0.231. The van der Waals surface area contributed by atoms with E-state index in [4.69, 9.17) is 5.11 Å². The van der Waals surface area contributed by atoms with Gasteiger partial charge in [-0.25, -0.2) is 4.98 Å². The molecule has 2 aromatic rings. The largest absolute Gasteiger partial charge is 0.504 e. The molecule has 0 spiro atoms. The van der Waals surface area contributed by atoms with E-state index in [2.05, 4.69) is 10.3 Å². The number of carboxylic acid groups (broad SMARTS) is 1. The van der Waals surface area contributed by atoms with Crippen molar-refractivity contribution in [3.8, 4) is 5.75 Å². The average molecular weight is 308 g/mol. The van der Waals surface area contributed by atoms with Crippen LogP contribution in [0.5, 0.6) is 5.75 Å². The summed E-state index contributed by atoms with van der Waals surface area (Å²) in [6.45, 7) is 0.821. The number of thiophene rings is 1. The molecule has 0 bridgehead atoms. The van der Waals surface area contributed by atoms with E-state index in [0.717, 1.165) is 0 Å². The van der Waals surface area contributed by atoms with Crippen LogP contribution in [0.4, 0.5) is 0 Å². The third kappa shape index (κ3) is 3.16. The van der Waals surface area contributed by atoms with Gasteiger partial charge in [-0.3, -0.25) is 14.4 Å². The SMILES string of the molecule is CC(=O)Cc1nc(C(=O)NCC(=O)O)c(O)c2sccc12. The molecule has 2 aromatic heterocycles. The maximum absolute atomic E-state index is 11.9. The van der Waals surface area contributed by atoms with Crippen LogP contribution in [0.15, 0.2) is 11.4 Å². The van der Waals surface area contributed by atoms with Crippen LogP contribution in [0.3, 0.4) is 0 Å². The van der Waals surface area contributed by atoms with E-state index in [-0.39, 0.29) is 23.6 Å². The Morgan fingerprint density at radius 2 is 2.10 bits per heavy atom. The highest BCUT2D eigenvalue weighted by molar-refractivity contribution is 7.17. The number of aromatic hydroxyl groups is 1. The van der Waals surface area contributed by atoms with Crippen LogP contribution < -0.4 is 5.32 Å². The average Bonchev–Trinajstić information content (AvgIpc) is 2.88. The highest BCUT2D eigenvalue weighted by Gasteiger charge is 2.20. The first-order chi connectivity index (χ1) is 9.90. The first-order valence-electron chi connectivity index (χ1n) is 5.98. The molecule has 0 unspecified atom stereocenters. The van der Waals surface area contributed by atoms with Crippen molar-refractivity contribution in [2.24, 2.45) is 0 Å². The zero-order chi connectivity index (χ0) is 15.6. The van der Waals surface area contributed by atoms with Gasteiger partial charge in [0.25, 0.3) is 5.91 Å². The number of nitrogens with one attached hydrogen (secondary N) is 1. The highest BCUT2D eigenvalue weighted by Crippen LogP contribution is 2.34. The fourth-order valence-corrected chi connectivity index (χ4v) is 2.71. The van der Waals surface area contributed by atoms with Gasteiger partial charge in [-0.05, 0) is 18.4 Å². The predicted octanol–water partition coefficient (Wildman–Crippen LogP) is 0.948. The summed E-state index contributed by atoms with van der Waals surface area (Å²) in [5.41, 5.74) is 0.111. The van der Waals surface area contributed by atoms with Crippen molar-refractivity contribution in [1.29, 1.82) is 0 Å². The number of hydrogen-bond donors (Lipinski definition) is 3. The molecule has 0 radical (unpaired) electrons. The number of aromatic nitrogens is 1. The summed E-state index contributed by atoms with van der Waals surface area (Å²) in [4.78, 5) is 37.7. The van der Waals surface area contributed by atoms with E-state index in [9.17, 15) is 19.5 Å². The molecule has 0 aliphatic heterocycles. The lowest BCUT2D eigenvalue weighted by molar-refractivity contribution is -0.135. The summed E-state index contributed by atoms with van der Waals surface area (Å²) in [6.07, 6.45) is 0.0344. The summed E-state index contributed by atoms with van der Waals surface area (Å²) in [5.74, 6) is -2.44. The lowest BCUT2D eigenvalue weighted by Gasteiger charge is -2.08. The number of carbonyl (C=O) groups excluding carboxylic acids is 2. The minimum absolute atomic E-state index is 0.0344. The van der Waals surface area contributed by atoms with E-state index < -0.39 is 18.4 Å². The highest BCUT2D eigenvalue weighted by atomic mass is 32.1. The third-order valence-electron chi connectivity index (χ3n) is 2.69. The lowest BCUT2D eigenvalue weighted by Crippen LogP contribution is -2.30. The molecule has 0 aromatic carbocycles. The van der Waals surface area contributed by atoms with Crippen molar-refractivity contribution in [2.45, 2.75) is 13.3 Å². The topological polar surface area (TPSA) is 117 Å². The number of hydrogen-bond acceptors (Lipinski definition) is 6. The molecular weight excluding hydrogens is 296 g/mol. The Labute approximate surface area is 123 Å². The summed E-state index contributed by atoms with van der Waals surface area (Å²) < 4.78 is 0.446. The molecule has 7 nitrogen and oxygen atoms in total. The number of nitrogens with zero attached hydrogens (tertiary/aromatic N) is 1. The second kappa shape index (κ2) is 5.88. The van der Waals surface area contributed by atoms with E-state index in [1.807, 2.05) is 0 Å². The molecule has 2 heterocycles. The third-order valence-corrected chi connectivity index (χ3v) is 3.62. The summed E-state index contributed by atoms with van der Waals surface area (Å²) in [7, 11) is 0. The van der Waals surface area contributed by atoms with Gasteiger partial charge < -0.3 is 15.5 Å². The summed E-state index contributed by atoms with van der Waals surface area (Å²) in [6, 6.07) is 1.71. The number of ketones is 1. The summed E-state index contributed by atoms with van der Waals surface area (Å²) >= 11 is 1.21. The molecule has 0 aliphatic carbocycles. The molecule has 2 rings (SSSR count). The van der Waals surface area contributed by atoms with Crippen molar-refractivity contribution in [3.05, 3.63) is 22.8 Å². The number of fused-ring (bicyclic) bond motifs is 1. The minimum atomic E-state index is -1.20. The smallest absolute Gasteiger partial charge is 0.322 e. The molecule has 0 saturated heterocycles. The van der Waals surface area contributed by atoms with Crippen LogP contribution in [-0.4, -0.2) is 39.4 Å². The Kier molecular flexibility index (Phi) is 4.18. The zero-order valence-corrected chi connectivity index (χ0v) is 11.9. The number of carbonyl (C=O) groups is 3.